The second-order valence-electron chi connectivity index (χ2n) is 6.06. The summed E-state index contributed by atoms with van der Waals surface area (Å²) in [5, 5.41) is 9.34. The number of rotatable bonds is 5. The summed E-state index contributed by atoms with van der Waals surface area (Å²) in [4.78, 5) is 4.97. The van der Waals surface area contributed by atoms with E-state index in [1.165, 1.54) is 11.1 Å². The third kappa shape index (κ3) is 4.95. The highest BCUT2D eigenvalue weighted by atomic mass is 16.3. The van der Waals surface area contributed by atoms with Crippen LogP contribution in [-0.4, -0.2) is 47.6 Å². The van der Waals surface area contributed by atoms with Crippen LogP contribution in [0.15, 0.2) is 60.7 Å². The van der Waals surface area contributed by atoms with Gasteiger partial charge in [-0.25, -0.2) is 0 Å². The van der Waals surface area contributed by atoms with E-state index in [9.17, 15) is 5.11 Å². The molecule has 0 saturated carbocycles. The van der Waals surface area contributed by atoms with Gasteiger partial charge in [-0.05, 0) is 23.3 Å². The van der Waals surface area contributed by atoms with Crippen LogP contribution in [0.3, 0.4) is 0 Å². The van der Waals surface area contributed by atoms with Crippen LogP contribution in [0, 0.1) is 0 Å². The quantitative estimate of drug-likeness (QED) is 0.919. The van der Waals surface area contributed by atoms with E-state index >= 15 is 0 Å². The van der Waals surface area contributed by atoms with Crippen molar-refractivity contribution in [2.45, 2.75) is 6.54 Å². The first-order valence-electron chi connectivity index (χ1n) is 8.24. The summed E-state index contributed by atoms with van der Waals surface area (Å²) < 4.78 is 0. The first-order chi connectivity index (χ1) is 11.3. The fraction of sp³-hybridized carbons (Fsp3) is 0.300. The van der Waals surface area contributed by atoms with Gasteiger partial charge in [0, 0.05) is 39.3 Å². The molecule has 1 fully saturated rings. The average molecular weight is 308 g/mol. The van der Waals surface area contributed by atoms with Crippen molar-refractivity contribution >= 4 is 6.08 Å². The molecule has 3 heteroatoms. The van der Waals surface area contributed by atoms with E-state index in [0.29, 0.717) is 5.75 Å². The number of piperazine rings is 1. The molecule has 0 bridgehead atoms. The van der Waals surface area contributed by atoms with Gasteiger partial charge in [0.2, 0.25) is 0 Å². The summed E-state index contributed by atoms with van der Waals surface area (Å²) in [5.41, 5.74) is 2.53. The number of benzene rings is 2. The maximum Gasteiger partial charge on any atom is 0.115 e. The fourth-order valence-electron chi connectivity index (χ4n) is 2.89. The topological polar surface area (TPSA) is 26.7 Å². The van der Waals surface area contributed by atoms with Crippen LogP contribution >= 0.6 is 0 Å². The van der Waals surface area contributed by atoms with Crippen molar-refractivity contribution < 1.29 is 5.11 Å². The molecule has 3 rings (SSSR count). The molecule has 0 aliphatic carbocycles. The van der Waals surface area contributed by atoms with Gasteiger partial charge >= 0.3 is 0 Å². The molecule has 0 atom stereocenters. The van der Waals surface area contributed by atoms with E-state index in [-0.39, 0.29) is 0 Å². The molecule has 3 nitrogen and oxygen atoms in total. The first kappa shape index (κ1) is 15.8. The lowest BCUT2D eigenvalue weighted by Gasteiger charge is -2.34. The molecule has 120 valence electrons. The van der Waals surface area contributed by atoms with Crippen LogP contribution in [0.5, 0.6) is 5.75 Å². The monoisotopic (exact) mass is 308 g/mol. The molecule has 1 heterocycles. The van der Waals surface area contributed by atoms with Gasteiger partial charge in [0.1, 0.15) is 5.75 Å². The maximum atomic E-state index is 9.34. The molecule has 2 aromatic carbocycles. The molecule has 0 unspecified atom stereocenters. The fourth-order valence-corrected chi connectivity index (χ4v) is 2.89. The molecule has 1 saturated heterocycles. The third-order valence-electron chi connectivity index (χ3n) is 4.28. The van der Waals surface area contributed by atoms with Crippen LogP contribution in [0.1, 0.15) is 11.1 Å². The van der Waals surface area contributed by atoms with E-state index in [1.54, 1.807) is 12.1 Å². The molecule has 0 radical (unpaired) electrons. The average Bonchev–Trinajstić information content (AvgIpc) is 2.59. The Labute approximate surface area is 138 Å². The van der Waals surface area contributed by atoms with Crippen molar-refractivity contribution in [2.75, 3.05) is 32.7 Å². The highest BCUT2D eigenvalue weighted by molar-refractivity contribution is 5.48. The van der Waals surface area contributed by atoms with Gasteiger partial charge in [-0.15, -0.1) is 0 Å². The van der Waals surface area contributed by atoms with Gasteiger partial charge in [-0.1, -0.05) is 54.6 Å². The van der Waals surface area contributed by atoms with E-state index in [4.69, 9.17) is 0 Å². The molecule has 0 amide bonds. The van der Waals surface area contributed by atoms with E-state index < -0.39 is 0 Å². The van der Waals surface area contributed by atoms with Crippen molar-refractivity contribution in [1.82, 2.24) is 9.80 Å². The Morgan fingerprint density at radius 3 is 2.17 bits per heavy atom. The van der Waals surface area contributed by atoms with Crippen molar-refractivity contribution in [3.8, 4) is 5.75 Å². The van der Waals surface area contributed by atoms with Gasteiger partial charge in [0.25, 0.3) is 0 Å². The summed E-state index contributed by atoms with van der Waals surface area (Å²) in [6.07, 6.45) is 4.45. The van der Waals surface area contributed by atoms with Gasteiger partial charge < -0.3 is 5.11 Å². The SMILES string of the molecule is Oc1ccc(CN2CCN(C/C=C/c3ccccc3)CC2)cc1. The predicted molar refractivity (Wildman–Crippen MR) is 95.3 cm³/mol. The van der Waals surface area contributed by atoms with Crippen molar-refractivity contribution in [2.24, 2.45) is 0 Å². The zero-order chi connectivity index (χ0) is 15.9. The Hall–Kier alpha value is -2.10. The van der Waals surface area contributed by atoms with Gasteiger partial charge in [0.15, 0.2) is 0 Å². The summed E-state index contributed by atoms with van der Waals surface area (Å²) in [7, 11) is 0. The second-order valence-corrected chi connectivity index (χ2v) is 6.06. The third-order valence-corrected chi connectivity index (χ3v) is 4.28. The van der Waals surface area contributed by atoms with Crippen LogP contribution in [0.4, 0.5) is 0 Å². The van der Waals surface area contributed by atoms with E-state index in [2.05, 4.69) is 46.2 Å². The Kier molecular flexibility index (Phi) is 5.46. The highest BCUT2D eigenvalue weighted by Crippen LogP contribution is 2.13. The zero-order valence-corrected chi connectivity index (χ0v) is 13.4. The lowest BCUT2D eigenvalue weighted by atomic mass is 10.2. The predicted octanol–water partition coefficient (Wildman–Crippen LogP) is 3.22. The molecular formula is C20H24N2O. The molecule has 23 heavy (non-hydrogen) atoms. The van der Waals surface area contributed by atoms with E-state index in [0.717, 1.165) is 39.3 Å². The van der Waals surface area contributed by atoms with Crippen molar-refractivity contribution in [1.29, 1.82) is 0 Å². The number of aromatic hydroxyl groups is 1. The Morgan fingerprint density at radius 2 is 1.48 bits per heavy atom. The smallest absolute Gasteiger partial charge is 0.115 e. The summed E-state index contributed by atoms with van der Waals surface area (Å²) in [5.74, 6) is 0.337. The van der Waals surface area contributed by atoms with Crippen LogP contribution < -0.4 is 0 Å². The number of hydrogen-bond donors (Lipinski definition) is 1. The number of phenols is 1. The maximum absolute atomic E-state index is 9.34. The highest BCUT2D eigenvalue weighted by Gasteiger charge is 2.15. The molecule has 1 N–H and O–H groups in total. The molecule has 0 spiro atoms. The van der Waals surface area contributed by atoms with Crippen LogP contribution in [-0.2, 0) is 6.54 Å². The summed E-state index contributed by atoms with van der Waals surface area (Å²) in [6, 6.07) is 18.0. The van der Waals surface area contributed by atoms with Crippen LogP contribution in [0.2, 0.25) is 0 Å². The molecule has 2 aromatic rings. The normalized spacial score (nSPS) is 16.9. The Bertz CT molecular complexity index is 614. The molecular weight excluding hydrogens is 284 g/mol. The van der Waals surface area contributed by atoms with Gasteiger partial charge in [-0.3, -0.25) is 9.80 Å². The molecule has 1 aliphatic rings. The van der Waals surface area contributed by atoms with E-state index in [1.807, 2.05) is 18.2 Å². The number of hydrogen-bond acceptors (Lipinski definition) is 3. The van der Waals surface area contributed by atoms with Gasteiger partial charge in [-0.2, -0.15) is 0 Å². The van der Waals surface area contributed by atoms with Crippen molar-refractivity contribution in [3.05, 3.63) is 71.8 Å². The minimum Gasteiger partial charge on any atom is -0.508 e. The lowest BCUT2D eigenvalue weighted by Crippen LogP contribution is -2.45. The standard InChI is InChI=1S/C20H24N2O/c23-20-10-8-19(9-11-20)17-22-15-13-21(14-16-22)12-4-7-18-5-2-1-3-6-18/h1-11,23H,12-17H2/b7-4+. The lowest BCUT2D eigenvalue weighted by molar-refractivity contribution is 0.137. The minimum atomic E-state index is 0.337. The number of phenolic OH excluding ortho intramolecular Hbond substituents is 1. The van der Waals surface area contributed by atoms with Crippen LogP contribution in [0.25, 0.3) is 6.08 Å². The Morgan fingerprint density at radius 1 is 0.826 bits per heavy atom. The molecule has 0 aromatic heterocycles. The number of nitrogens with zero attached hydrogens (tertiary/aromatic N) is 2. The summed E-state index contributed by atoms with van der Waals surface area (Å²) >= 11 is 0. The first-order valence-corrected chi connectivity index (χ1v) is 8.24. The van der Waals surface area contributed by atoms with Gasteiger partial charge in [0.05, 0.1) is 0 Å². The second kappa shape index (κ2) is 7.95. The summed E-state index contributed by atoms with van der Waals surface area (Å²) in [6.45, 7) is 6.39. The van der Waals surface area contributed by atoms with Crippen molar-refractivity contribution in [3.63, 3.8) is 0 Å². The largest absolute Gasteiger partial charge is 0.508 e. The minimum absolute atomic E-state index is 0.337. The Balaban J connectivity index is 1.41. The molecule has 1 aliphatic heterocycles. The zero-order valence-electron chi connectivity index (χ0n) is 13.4.